The van der Waals surface area contributed by atoms with Gasteiger partial charge in [0.2, 0.25) is 0 Å². The molecule has 0 saturated carbocycles. The molecule has 2 aromatic rings. The van der Waals surface area contributed by atoms with Gasteiger partial charge in [0.25, 0.3) is 5.91 Å². The van der Waals surface area contributed by atoms with E-state index >= 15 is 0 Å². The summed E-state index contributed by atoms with van der Waals surface area (Å²) in [6, 6.07) is 8.14. The van der Waals surface area contributed by atoms with Gasteiger partial charge in [0, 0.05) is 26.3 Å². The largest absolute Gasteiger partial charge is 0.491 e. The van der Waals surface area contributed by atoms with Crippen molar-refractivity contribution in [1.29, 1.82) is 0 Å². The topological polar surface area (TPSA) is 47.4 Å². The average Bonchev–Trinajstić information content (AvgIpc) is 3.18. The van der Waals surface area contributed by atoms with Crippen LogP contribution in [0.4, 0.5) is 4.39 Å². The molecular weight excluding hydrogens is 297 g/mol. The number of benzene rings is 1. The minimum Gasteiger partial charge on any atom is -0.491 e. The molecule has 6 heteroatoms. The molecule has 1 aromatic carbocycles. The van der Waals surface area contributed by atoms with Crippen molar-refractivity contribution in [2.75, 3.05) is 19.7 Å². The summed E-state index contributed by atoms with van der Waals surface area (Å²) in [6.07, 6.45) is 3.39. The van der Waals surface area contributed by atoms with Crippen LogP contribution in [0.25, 0.3) is 0 Å². The van der Waals surface area contributed by atoms with E-state index < -0.39 is 0 Å². The maximum absolute atomic E-state index is 13.5. The molecule has 1 atom stereocenters. The predicted molar refractivity (Wildman–Crippen MR) is 83.7 cm³/mol. The molecule has 0 unspecified atom stereocenters. The second-order valence-corrected chi connectivity index (χ2v) is 5.81. The van der Waals surface area contributed by atoms with Crippen LogP contribution in [-0.2, 0) is 7.05 Å². The number of halogens is 1. The molecular formula is C17H20FN3O2. The Hall–Kier alpha value is -2.37. The number of likely N-dealkylation sites (tertiary alicyclic amines) is 1. The first-order valence-electron chi connectivity index (χ1n) is 7.80. The molecule has 1 aromatic heterocycles. The third-order valence-corrected chi connectivity index (χ3v) is 4.23. The number of ether oxygens (including phenoxy) is 1. The Morgan fingerprint density at radius 1 is 1.39 bits per heavy atom. The fraction of sp³-hybridized carbons (Fsp3) is 0.412. The van der Waals surface area contributed by atoms with Gasteiger partial charge in [-0.25, -0.2) is 4.39 Å². The van der Waals surface area contributed by atoms with Crippen molar-refractivity contribution >= 4 is 5.91 Å². The lowest BCUT2D eigenvalue weighted by molar-refractivity contribution is 0.0774. The van der Waals surface area contributed by atoms with E-state index in [9.17, 15) is 9.18 Å². The highest BCUT2D eigenvalue weighted by Gasteiger charge is 2.28. The molecule has 0 radical (unpaired) electrons. The van der Waals surface area contributed by atoms with Gasteiger partial charge in [0.15, 0.2) is 11.6 Å². The first kappa shape index (κ1) is 15.5. The molecule has 3 rings (SSSR count). The molecule has 0 aliphatic carbocycles. The van der Waals surface area contributed by atoms with Gasteiger partial charge in [-0.2, -0.15) is 5.10 Å². The lowest BCUT2D eigenvalue weighted by Crippen LogP contribution is -2.30. The summed E-state index contributed by atoms with van der Waals surface area (Å²) in [5.74, 6) is 0.349. The molecule has 1 fully saturated rings. The number of nitrogens with zero attached hydrogens (tertiary/aromatic N) is 3. The number of carbonyl (C=O) groups is 1. The number of amides is 1. The molecule has 1 aliphatic heterocycles. The second kappa shape index (κ2) is 6.81. The van der Waals surface area contributed by atoms with Crippen molar-refractivity contribution in [2.24, 2.45) is 13.0 Å². The van der Waals surface area contributed by atoms with Crippen LogP contribution in [0.5, 0.6) is 5.75 Å². The zero-order chi connectivity index (χ0) is 16.2. The van der Waals surface area contributed by atoms with E-state index in [0.717, 1.165) is 19.4 Å². The first-order chi connectivity index (χ1) is 11.1. The van der Waals surface area contributed by atoms with Crippen molar-refractivity contribution in [3.63, 3.8) is 0 Å². The number of hydrogen-bond acceptors (Lipinski definition) is 3. The van der Waals surface area contributed by atoms with Gasteiger partial charge in [0.05, 0.1) is 6.61 Å². The van der Waals surface area contributed by atoms with Gasteiger partial charge < -0.3 is 9.64 Å². The molecule has 2 heterocycles. The minimum atomic E-state index is -0.341. The van der Waals surface area contributed by atoms with Crippen molar-refractivity contribution in [1.82, 2.24) is 14.7 Å². The van der Waals surface area contributed by atoms with Gasteiger partial charge in [-0.05, 0) is 37.0 Å². The van der Waals surface area contributed by atoms with E-state index in [1.807, 2.05) is 4.90 Å². The van der Waals surface area contributed by atoms with Gasteiger partial charge in [-0.3, -0.25) is 9.48 Å². The SMILES string of the molecule is Cn1nccc1C(=O)N1CC[C@H](CCOc2ccccc2F)C1. The quantitative estimate of drug-likeness (QED) is 0.851. The van der Waals surface area contributed by atoms with Crippen LogP contribution in [0.2, 0.25) is 0 Å². The summed E-state index contributed by atoms with van der Waals surface area (Å²) < 4.78 is 20.6. The Kier molecular flexibility index (Phi) is 4.60. The number of carbonyl (C=O) groups excluding carboxylic acids is 1. The lowest BCUT2D eigenvalue weighted by Gasteiger charge is -2.16. The molecule has 0 bridgehead atoms. The van der Waals surface area contributed by atoms with Crippen LogP contribution in [0.3, 0.4) is 0 Å². The zero-order valence-electron chi connectivity index (χ0n) is 13.1. The van der Waals surface area contributed by atoms with E-state index in [-0.39, 0.29) is 17.5 Å². The Morgan fingerprint density at radius 2 is 2.22 bits per heavy atom. The van der Waals surface area contributed by atoms with Gasteiger partial charge >= 0.3 is 0 Å². The maximum Gasteiger partial charge on any atom is 0.272 e. The normalized spacial score (nSPS) is 17.5. The van der Waals surface area contributed by atoms with Gasteiger partial charge in [0.1, 0.15) is 5.69 Å². The molecule has 0 N–H and O–H groups in total. The molecule has 23 heavy (non-hydrogen) atoms. The first-order valence-corrected chi connectivity index (χ1v) is 7.80. The van der Waals surface area contributed by atoms with E-state index in [0.29, 0.717) is 24.8 Å². The number of hydrogen-bond donors (Lipinski definition) is 0. The third-order valence-electron chi connectivity index (χ3n) is 4.23. The monoisotopic (exact) mass is 317 g/mol. The van der Waals surface area contributed by atoms with Crippen LogP contribution >= 0.6 is 0 Å². The van der Waals surface area contributed by atoms with Gasteiger partial charge in [-0.15, -0.1) is 0 Å². The third kappa shape index (κ3) is 3.52. The Balaban J connectivity index is 1.48. The van der Waals surface area contributed by atoms with E-state index in [2.05, 4.69) is 5.10 Å². The Labute approximate surface area is 134 Å². The van der Waals surface area contributed by atoms with Crippen molar-refractivity contribution in [3.05, 3.63) is 48.0 Å². The average molecular weight is 317 g/mol. The van der Waals surface area contributed by atoms with Crippen LogP contribution in [0.1, 0.15) is 23.3 Å². The Morgan fingerprint density at radius 3 is 2.96 bits per heavy atom. The van der Waals surface area contributed by atoms with E-state index in [1.165, 1.54) is 6.07 Å². The van der Waals surface area contributed by atoms with Crippen molar-refractivity contribution < 1.29 is 13.9 Å². The highest BCUT2D eigenvalue weighted by molar-refractivity contribution is 5.92. The predicted octanol–water partition coefficient (Wildman–Crippen LogP) is 2.49. The van der Waals surface area contributed by atoms with Crippen molar-refractivity contribution in [3.8, 4) is 5.75 Å². The molecule has 1 amide bonds. The summed E-state index contributed by atoms with van der Waals surface area (Å²) in [6.45, 7) is 1.92. The van der Waals surface area contributed by atoms with Crippen LogP contribution in [0.15, 0.2) is 36.5 Å². The number of aryl methyl sites for hydroxylation is 1. The number of rotatable bonds is 5. The van der Waals surface area contributed by atoms with Crippen LogP contribution < -0.4 is 4.74 Å². The number of aromatic nitrogens is 2. The number of para-hydroxylation sites is 1. The highest BCUT2D eigenvalue weighted by Crippen LogP contribution is 2.22. The highest BCUT2D eigenvalue weighted by atomic mass is 19.1. The Bertz CT molecular complexity index is 686. The van der Waals surface area contributed by atoms with Crippen LogP contribution in [-0.4, -0.2) is 40.3 Å². The van der Waals surface area contributed by atoms with Crippen LogP contribution in [0, 0.1) is 11.7 Å². The molecule has 0 spiro atoms. The smallest absolute Gasteiger partial charge is 0.272 e. The molecule has 1 aliphatic rings. The maximum atomic E-state index is 13.5. The zero-order valence-corrected chi connectivity index (χ0v) is 13.1. The molecule has 1 saturated heterocycles. The summed E-state index contributed by atoms with van der Waals surface area (Å²) in [4.78, 5) is 14.3. The second-order valence-electron chi connectivity index (χ2n) is 5.81. The fourth-order valence-electron chi connectivity index (χ4n) is 2.90. The minimum absolute atomic E-state index is 0.0162. The summed E-state index contributed by atoms with van der Waals surface area (Å²) >= 11 is 0. The lowest BCUT2D eigenvalue weighted by atomic mass is 10.1. The fourth-order valence-corrected chi connectivity index (χ4v) is 2.90. The molecule has 122 valence electrons. The standard InChI is InChI=1S/C17H20FN3O2/c1-20-15(6-9-19-20)17(22)21-10-7-13(12-21)8-11-23-16-5-3-2-4-14(16)18/h2-6,9,13H,7-8,10-12H2,1H3/t13-/m1/s1. The summed E-state index contributed by atoms with van der Waals surface area (Å²) in [5.41, 5.74) is 0.605. The molecule has 5 nitrogen and oxygen atoms in total. The van der Waals surface area contributed by atoms with Gasteiger partial charge in [-0.1, -0.05) is 12.1 Å². The summed E-state index contributed by atoms with van der Waals surface area (Å²) in [5, 5.41) is 4.03. The van der Waals surface area contributed by atoms with E-state index in [4.69, 9.17) is 4.74 Å². The summed E-state index contributed by atoms with van der Waals surface area (Å²) in [7, 11) is 1.77. The van der Waals surface area contributed by atoms with E-state index in [1.54, 1.807) is 42.2 Å². The van der Waals surface area contributed by atoms with Crippen molar-refractivity contribution in [2.45, 2.75) is 12.8 Å².